The molecule has 120 valence electrons. The molecule has 0 saturated carbocycles. The normalized spacial score (nSPS) is 27.6. The number of alkyl halides is 1. The van der Waals surface area contributed by atoms with Gasteiger partial charge >= 0.3 is 0 Å². The molecule has 0 saturated heterocycles. The molecule has 23 heavy (non-hydrogen) atoms. The highest BCUT2D eigenvalue weighted by atomic mass is 79.9. The van der Waals surface area contributed by atoms with Crippen LogP contribution in [0.25, 0.3) is 0 Å². The van der Waals surface area contributed by atoms with Crippen molar-refractivity contribution < 1.29 is 9.47 Å². The molecule has 2 heterocycles. The Morgan fingerprint density at radius 3 is 2.17 bits per heavy atom. The molecule has 2 aromatic carbocycles. The van der Waals surface area contributed by atoms with Gasteiger partial charge in [-0.3, -0.25) is 0 Å². The molecule has 0 N–H and O–H groups in total. The molecule has 0 aromatic heterocycles. The predicted octanol–water partition coefficient (Wildman–Crippen LogP) is 5.90. The third-order valence-corrected chi connectivity index (χ3v) is 6.75. The molecule has 5 heteroatoms. The zero-order valence-corrected chi connectivity index (χ0v) is 16.1. The highest BCUT2D eigenvalue weighted by molar-refractivity contribution is 9.09. The molecule has 0 spiro atoms. The summed E-state index contributed by atoms with van der Waals surface area (Å²) < 4.78 is 12.1. The van der Waals surface area contributed by atoms with E-state index >= 15 is 0 Å². The molecule has 2 atom stereocenters. The average Bonchev–Trinajstić information content (AvgIpc) is 2.69. The van der Waals surface area contributed by atoms with E-state index in [-0.39, 0.29) is 0 Å². The molecule has 2 unspecified atom stereocenters. The van der Waals surface area contributed by atoms with Crippen LogP contribution < -0.4 is 9.47 Å². The fourth-order valence-corrected chi connectivity index (χ4v) is 4.88. The topological polar surface area (TPSA) is 18.5 Å². The molecule has 4 rings (SSSR count). The second-order valence-electron chi connectivity index (χ2n) is 6.42. The summed E-state index contributed by atoms with van der Waals surface area (Å²) in [7, 11) is 0. The Labute approximate surface area is 153 Å². The Bertz CT molecular complexity index is 851. The molecular formula is C18H15BrCl2O2. The van der Waals surface area contributed by atoms with Gasteiger partial charge in [-0.25, -0.2) is 0 Å². The summed E-state index contributed by atoms with van der Waals surface area (Å²) in [6.45, 7) is 6.55. The van der Waals surface area contributed by atoms with Gasteiger partial charge in [-0.05, 0) is 56.2 Å². The highest BCUT2D eigenvalue weighted by Gasteiger charge is 2.61. The van der Waals surface area contributed by atoms with Crippen LogP contribution in [0.4, 0.5) is 0 Å². The third-order valence-electron chi connectivity index (χ3n) is 4.90. The molecule has 0 fully saturated rings. The number of hydrogen-bond donors (Lipinski definition) is 0. The van der Waals surface area contributed by atoms with Crippen molar-refractivity contribution in [3.05, 3.63) is 56.6 Å². The predicted molar refractivity (Wildman–Crippen MR) is 96.5 cm³/mol. The zero-order chi connectivity index (χ0) is 16.6. The Balaban J connectivity index is 2.02. The van der Waals surface area contributed by atoms with Crippen LogP contribution in [0.5, 0.6) is 11.5 Å². The maximum absolute atomic E-state index is 6.48. The van der Waals surface area contributed by atoms with Crippen molar-refractivity contribution in [2.75, 3.05) is 6.61 Å². The number of fused-ring (bicyclic) bond motifs is 5. The van der Waals surface area contributed by atoms with E-state index in [9.17, 15) is 0 Å². The van der Waals surface area contributed by atoms with E-state index in [1.165, 1.54) is 0 Å². The first kappa shape index (κ1) is 15.6. The van der Waals surface area contributed by atoms with E-state index in [1.807, 2.05) is 38.1 Å². The summed E-state index contributed by atoms with van der Waals surface area (Å²) in [6, 6.07) is 7.72. The van der Waals surface area contributed by atoms with Crippen LogP contribution in [0.2, 0.25) is 10.0 Å². The van der Waals surface area contributed by atoms with E-state index in [1.54, 1.807) is 0 Å². The van der Waals surface area contributed by atoms with Gasteiger partial charge in [0, 0.05) is 21.2 Å². The lowest BCUT2D eigenvalue weighted by molar-refractivity contribution is 0.0298. The van der Waals surface area contributed by atoms with Gasteiger partial charge in [0.2, 0.25) is 0 Å². The smallest absolute Gasteiger partial charge is 0.158 e. The quantitative estimate of drug-likeness (QED) is 0.500. The number of rotatable bonds is 0. The van der Waals surface area contributed by atoms with Gasteiger partial charge in [0.25, 0.3) is 0 Å². The molecule has 2 nitrogen and oxygen atoms in total. The van der Waals surface area contributed by atoms with Gasteiger partial charge in [-0.15, -0.1) is 0 Å². The van der Waals surface area contributed by atoms with Crippen molar-refractivity contribution >= 4 is 39.1 Å². The van der Waals surface area contributed by atoms with Crippen molar-refractivity contribution in [3.8, 4) is 11.5 Å². The third kappa shape index (κ3) is 1.93. The van der Waals surface area contributed by atoms with Gasteiger partial charge in [0.15, 0.2) is 5.60 Å². The minimum atomic E-state index is -0.617. The van der Waals surface area contributed by atoms with E-state index in [0.717, 1.165) is 33.8 Å². The summed E-state index contributed by atoms with van der Waals surface area (Å²) in [5.41, 5.74) is 3.39. The van der Waals surface area contributed by atoms with Crippen molar-refractivity contribution in [1.29, 1.82) is 0 Å². The first-order valence-electron chi connectivity index (χ1n) is 7.38. The van der Waals surface area contributed by atoms with Crippen molar-refractivity contribution in [2.45, 2.75) is 30.7 Å². The Kier molecular flexibility index (Phi) is 3.27. The standard InChI is InChI=1S/C18H15BrCl2O2/c1-9-4-11(20)6-13-15(9)22-8-18(19)14-7-12(21)5-10(2)16(14)23-17(13,18)3/h4-7H,8H2,1-3H3. The fraction of sp³-hybridized carbons (Fsp3) is 0.333. The van der Waals surface area contributed by atoms with Crippen molar-refractivity contribution in [1.82, 2.24) is 0 Å². The van der Waals surface area contributed by atoms with Crippen molar-refractivity contribution in [3.63, 3.8) is 0 Å². The number of hydrogen-bond acceptors (Lipinski definition) is 2. The average molecular weight is 414 g/mol. The van der Waals surface area contributed by atoms with Gasteiger partial charge in [0.05, 0.1) is 0 Å². The molecular weight excluding hydrogens is 399 g/mol. The van der Waals surface area contributed by atoms with Gasteiger partial charge < -0.3 is 9.47 Å². The van der Waals surface area contributed by atoms with E-state index in [4.69, 9.17) is 32.7 Å². The number of halogens is 3. The number of aryl methyl sites for hydroxylation is 2. The Morgan fingerprint density at radius 1 is 0.957 bits per heavy atom. The van der Waals surface area contributed by atoms with Gasteiger partial charge in [-0.1, -0.05) is 39.1 Å². The van der Waals surface area contributed by atoms with Crippen LogP contribution >= 0.6 is 39.1 Å². The number of benzene rings is 2. The molecule has 2 aliphatic rings. The van der Waals surface area contributed by atoms with Crippen LogP contribution in [0.3, 0.4) is 0 Å². The summed E-state index contributed by atoms with van der Waals surface area (Å²) in [5, 5.41) is 1.37. The summed E-state index contributed by atoms with van der Waals surface area (Å²) in [6.07, 6.45) is 0. The lowest BCUT2D eigenvalue weighted by Gasteiger charge is -2.43. The van der Waals surface area contributed by atoms with Gasteiger partial charge in [0.1, 0.15) is 22.4 Å². The second-order valence-corrected chi connectivity index (χ2v) is 8.65. The minimum absolute atomic E-state index is 0.464. The van der Waals surface area contributed by atoms with Crippen LogP contribution in [0, 0.1) is 13.8 Å². The van der Waals surface area contributed by atoms with Crippen molar-refractivity contribution in [2.24, 2.45) is 0 Å². The molecule has 2 aromatic rings. The minimum Gasteiger partial charge on any atom is -0.491 e. The monoisotopic (exact) mass is 412 g/mol. The van der Waals surface area contributed by atoms with Crippen LogP contribution in [-0.4, -0.2) is 6.61 Å². The molecule has 0 radical (unpaired) electrons. The summed E-state index contributed by atoms with van der Waals surface area (Å²) >= 11 is 16.5. The molecule has 0 bridgehead atoms. The van der Waals surface area contributed by atoms with Crippen LogP contribution in [0.1, 0.15) is 29.2 Å². The summed E-state index contributed by atoms with van der Waals surface area (Å²) in [5.74, 6) is 1.71. The van der Waals surface area contributed by atoms with E-state index in [2.05, 4.69) is 22.9 Å². The largest absolute Gasteiger partial charge is 0.491 e. The SMILES string of the molecule is Cc1cc(Cl)cc2c1OC1(C)c3cc(Cl)cc(C)c3OCC21Br. The maximum atomic E-state index is 6.48. The van der Waals surface area contributed by atoms with E-state index in [0.29, 0.717) is 16.7 Å². The van der Waals surface area contributed by atoms with Gasteiger partial charge in [-0.2, -0.15) is 0 Å². The first-order chi connectivity index (χ1) is 10.8. The lowest BCUT2D eigenvalue weighted by atomic mass is 9.78. The van der Waals surface area contributed by atoms with Crippen LogP contribution in [0.15, 0.2) is 24.3 Å². The number of ether oxygens (including phenoxy) is 2. The maximum Gasteiger partial charge on any atom is 0.158 e. The molecule has 2 aliphatic heterocycles. The zero-order valence-electron chi connectivity index (χ0n) is 13.0. The second kappa shape index (κ2) is 4.81. The van der Waals surface area contributed by atoms with E-state index < -0.39 is 9.93 Å². The molecule has 0 aliphatic carbocycles. The van der Waals surface area contributed by atoms with Crippen LogP contribution in [-0.2, 0) is 9.93 Å². The molecule has 0 amide bonds. The summed E-state index contributed by atoms with van der Waals surface area (Å²) in [4.78, 5) is 0. The Hall–Kier alpha value is -0.900. The lowest BCUT2D eigenvalue weighted by Crippen LogP contribution is -2.49. The fourth-order valence-electron chi connectivity index (χ4n) is 3.63. The first-order valence-corrected chi connectivity index (χ1v) is 8.93. The Morgan fingerprint density at radius 2 is 1.52 bits per heavy atom. The highest BCUT2D eigenvalue weighted by Crippen LogP contribution is 2.63.